The fourth-order valence-electron chi connectivity index (χ4n) is 3.45. The molecule has 32 heavy (non-hydrogen) atoms. The lowest BCUT2D eigenvalue weighted by molar-refractivity contribution is 0.102. The number of benzene rings is 2. The number of nitrogens with one attached hydrogen (secondary N) is 1. The number of nitrogens with zero attached hydrogens (tertiary/aromatic N) is 4. The SMILES string of the molecule is Cc1nc2ccc(C(=O)Nc3cccc(OCc4cn5ccccc5n4)c3)cc2nc1C. The highest BCUT2D eigenvalue weighted by Crippen LogP contribution is 2.20. The van der Waals surface area contributed by atoms with Crippen molar-refractivity contribution in [1.82, 2.24) is 19.4 Å². The van der Waals surface area contributed by atoms with Gasteiger partial charge in [-0.3, -0.25) is 4.79 Å². The summed E-state index contributed by atoms with van der Waals surface area (Å²) in [7, 11) is 0. The van der Waals surface area contributed by atoms with Crippen LogP contribution in [0.1, 0.15) is 27.4 Å². The zero-order valence-electron chi connectivity index (χ0n) is 17.7. The number of aryl methyl sites for hydroxylation is 2. The highest BCUT2D eigenvalue weighted by atomic mass is 16.5. The fraction of sp³-hybridized carbons (Fsp3) is 0.120. The molecule has 0 bridgehead atoms. The van der Waals surface area contributed by atoms with Gasteiger partial charge in [0.1, 0.15) is 18.0 Å². The Labute approximate surface area is 184 Å². The van der Waals surface area contributed by atoms with E-state index in [2.05, 4.69) is 20.3 Å². The molecule has 0 fully saturated rings. The predicted octanol–water partition coefficient (Wildman–Crippen LogP) is 4.73. The van der Waals surface area contributed by atoms with Gasteiger partial charge in [0.2, 0.25) is 0 Å². The Kier molecular flexibility index (Phi) is 4.99. The number of pyridine rings is 1. The van der Waals surface area contributed by atoms with Crippen molar-refractivity contribution in [2.24, 2.45) is 0 Å². The molecule has 0 unspecified atom stereocenters. The monoisotopic (exact) mass is 423 g/mol. The molecule has 0 aliphatic rings. The predicted molar refractivity (Wildman–Crippen MR) is 123 cm³/mol. The number of hydrogen-bond acceptors (Lipinski definition) is 5. The number of hydrogen-bond donors (Lipinski definition) is 1. The van der Waals surface area contributed by atoms with Crippen LogP contribution in [-0.4, -0.2) is 25.3 Å². The maximum Gasteiger partial charge on any atom is 0.255 e. The first kappa shape index (κ1) is 19.7. The number of fused-ring (bicyclic) bond motifs is 2. The van der Waals surface area contributed by atoms with E-state index < -0.39 is 0 Å². The van der Waals surface area contributed by atoms with E-state index in [4.69, 9.17) is 4.74 Å². The summed E-state index contributed by atoms with van der Waals surface area (Å²) in [6, 6.07) is 18.5. The summed E-state index contributed by atoms with van der Waals surface area (Å²) in [5.74, 6) is 0.430. The number of aromatic nitrogens is 4. The molecule has 7 heteroatoms. The minimum absolute atomic E-state index is 0.218. The molecule has 3 aromatic heterocycles. The zero-order valence-corrected chi connectivity index (χ0v) is 17.7. The van der Waals surface area contributed by atoms with Gasteiger partial charge in [-0.1, -0.05) is 12.1 Å². The van der Waals surface area contributed by atoms with Crippen molar-refractivity contribution in [3.8, 4) is 5.75 Å². The third-order valence-corrected chi connectivity index (χ3v) is 5.23. The molecule has 158 valence electrons. The molecular formula is C25H21N5O2. The maximum atomic E-state index is 12.8. The Morgan fingerprint density at radius 2 is 1.78 bits per heavy atom. The van der Waals surface area contributed by atoms with Gasteiger partial charge >= 0.3 is 0 Å². The highest BCUT2D eigenvalue weighted by Gasteiger charge is 2.10. The van der Waals surface area contributed by atoms with Gasteiger partial charge < -0.3 is 14.5 Å². The van der Waals surface area contributed by atoms with Gasteiger partial charge in [0.15, 0.2) is 0 Å². The summed E-state index contributed by atoms with van der Waals surface area (Å²) in [5, 5.41) is 2.92. The third kappa shape index (κ3) is 4.00. The van der Waals surface area contributed by atoms with E-state index in [0.717, 1.165) is 28.2 Å². The Balaban J connectivity index is 1.29. The minimum atomic E-state index is -0.218. The second kappa shape index (κ2) is 8.11. The molecule has 3 heterocycles. The Bertz CT molecular complexity index is 1420. The van der Waals surface area contributed by atoms with E-state index in [-0.39, 0.29) is 5.91 Å². The quantitative estimate of drug-likeness (QED) is 0.442. The highest BCUT2D eigenvalue weighted by molar-refractivity contribution is 6.06. The summed E-state index contributed by atoms with van der Waals surface area (Å²) in [4.78, 5) is 26.4. The number of amides is 1. The largest absolute Gasteiger partial charge is 0.487 e. The standard InChI is InChI=1S/C25H21N5O2/c1-16-17(2)27-23-12-18(9-10-22(23)26-16)25(31)29-19-6-5-7-21(13-19)32-15-20-14-30-11-4-3-8-24(30)28-20/h3-14H,15H2,1-2H3,(H,29,31). The van der Waals surface area contributed by atoms with Gasteiger partial charge in [0, 0.05) is 29.7 Å². The number of ether oxygens (including phenoxy) is 1. The molecule has 1 N–H and O–H groups in total. The zero-order chi connectivity index (χ0) is 22.1. The molecule has 0 atom stereocenters. The first-order chi connectivity index (χ1) is 15.5. The minimum Gasteiger partial charge on any atom is -0.487 e. The van der Waals surface area contributed by atoms with Crippen LogP contribution in [0, 0.1) is 13.8 Å². The van der Waals surface area contributed by atoms with Crippen molar-refractivity contribution in [1.29, 1.82) is 0 Å². The van der Waals surface area contributed by atoms with E-state index in [9.17, 15) is 4.79 Å². The van der Waals surface area contributed by atoms with Crippen molar-refractivity contribution in [2.45, 2.75) is 20.5 Å². The molecule has 0 aliphatic carbocycles. The molecule has 0 aliphatic heterocycles. The van der Waals surface area contributed by atoms with Crippen LogP contribution in [-0.2, 0) is 6.61 Å². The molecule has 0 spiro atoms. The van der Waals surface area contributed by atoms with Crippen LogP contribution in [0.4, 0.5) is 5.69 Å². The molecular weight excluding hydrogens is 402 g/mol. The first-order valence-corrected chi connectivity index (χ1v) is 10.3. The normalized spacial score (nSPS) is 11.1. The molecule has 1 amide bonds. The maximum absolute atomic E-state index is 12.8. The van der Waals surface area contributed by atoms with Crippen molar-refractivity contribution >= 4 is 28.3 Å². The van der Waals surface area contributed by atoms with E-state index in [1.54, 1.807) is 18.2 Å². The van der Waals surface area contributed by atoms with Crippen LogP contribution in [0.2, 0.25) is 0 Å². The summed E-state index contributed by atoms with van der Waals surface area (Å²) in [6.07, 6.45) is 3.88. The van der Waals surface area contributed by atoms with Crippen LogP contribution >= 0.6 is 0 Å². The van der Waals surface area contributed by atoms with Gasteiger partial charge in [0.05, 0.1) is 28.1 Å². The first-order valence-electron chi connectivity index (χ1n) is 10.3. The molecule has 7 nitrogen and oxygen atoms in total. The Hall–Kier alpha value is -4.26. The summed E-state index contributed by atoms with van der Waals surface area (Å²) < 4.78 is 7.84. The van der Waals surface area contributed by atoms with E-state index in [1.807, 2.05) is 73.1 Å². The van der Waals surface area contributed by atoms with Gasteiger partial charge in [0.25, 0.3) is 5.91 Å². The number of rotatable bonds is 5. The van der Waals surface area contributed by atoms with Gasteiger partial charge in [-0.25, -0.2) is 15.0 Å². The van der Waals surface area contributed by atoms with Crippen molar-refractivity contribution in [3.05, 3.63) is 95.7 Å². The van der Waals surface area contributed by atoms with Crippen LogP contribution in [0.3, 0.4) is 0 Å². The molecule has 0 radical (unpaired) electrons. The number of imidazole rings is 1. The third-order valence-electron chi connectivity index (χ3n) is 5.23. The van der Waals surface area contributed by atoms with Crippen molar-refractivity contribution in [3.63, 3.8) is 0 Å². The van der Waals surface area contributed by atoms with Crippen molar-refractivity contribution < 1.29 is 9.53 Å². The second-order valence-electron chi connectivity index (χ2n) is 7.57. The van der Waals surface area contributed by atoms with Crippen LogP contribution in [0.15, 0.2) is 73.1 Å². The van der Waals surface area contributed by atoms with E-state index in [0.29, 0.717) is 29.1 Å². The number of carbonyl (C=O) groups excluding carboxylic acids is 1. The average molecular weight is 423 g/mol. The Morgan fingerprint density at radius 1 is 0.938 bits per heavy atom. The average Bonchev–Trinajstić information content (AvgIpc) is 3.21. The summed E-state index contributed by atoms with van der Waals surface area (Å²) in [5.41, 5.74) is 6.07. The second-order valence-corrected chi connectivity index (χ2v) is 7.57. The van der Waals surface area contributed by atoms with Gasteiger partial charge in [-0.2, -0.15) is 0 Å². The van der Waals surface area contributed by atoms with Crippen LogP contribution in [0.5, 0.6) is 5.75 Å². The molecule has 5 rings (SSSR count). The topological polar surface area (TPSA) is 81.4 Å². The van der Waals surface area contributed by atoms with Crippen LogP contribution in [0.25, 0.3) is 16.7 Å². The van der Waals surface area contributed by atoms with Crippen molar-refractivity contribution in [2.75, 3.05) is 5.32 Å². The molecule has 0 saturated carbocycles. The lowest BCUT2D eigenvalue weighted by Gasteiger charge is -2.09. The smallest absolute Gasteiger partial charge is 0.255 e. The molecule has 2 aromatic carbocycles. The van der Waals surface area contributed by atoms with E-state index >= 15 is 0 Å². The van der Waals surface area contributed by atoms with Crippen LogP contribution < -0.4 is 10.1 Å². The number of carbonyl (C=O) groups is 1. The van der Waals surface area contributed by atoms with E-state index in [1.165, 1.54) is 0 Å². The van der Waals surface area contributed by atoms with Gasteiger partial charge in [-0.05, 0) is 56.3 Å². The lowest BCUT2D eigenvalue weighted by Crippen LogP contribution is -2.12. The molecule has 0 saturated heterocycles. The molecule has 5 aromatic rings. The Morgan fingerprint density at radius 3 is 2.62 bits per heavy atom. The fourth-order valence-corrected chi connectivity index (χ4v) is 3.45. The summed E-state index contributed by atoms with van der Waals surface area (Å²) >= 11 is 0. The number of anilines is 1. The lowest BCUT2D eigenvalue weighted by atomic mass is 10.1. The summed E-state index contributed by atoms with van der Waals surface area (Å²) in [6.45, 7) is 4.17. The van der Waals surface area contributed by atoms with Gasteiger partial charge in [-0.15, -0.1) is 0 Å².